The molecule has 28 heavy (non-hydrogen) atoms. The molecule has 0 aromatic carbocycles. The number of alkyl halides is 2. The molecule has 1 saturated heterocycles. The molecular weight excluding hydrogens is 584 g/mol. The zero-order valence-electron chi connectivity index (χ0n) is 18.2. The number of likely N-dealkylation sites (tertiary alicyclic amines) is 1. The Hall–Kier alpha value is 0.520. The molecule has 0 bridgehead atoms. The van der Waals surface area contributed by atoms with Gasteiger partial charge in [-0.15, -0.1) is 0 Å². The van der Waals surface area contributed by atoms with Crippen LogP contribution in [0.25, 0.3) is 0 Å². The van der Waals surface area contributed by atoms with Crippen LogP contribution in [0, 0.1) is 11.3 Å². The molecule has 0 aliphatic carbocycles. The first kappa shape index (κ1) is 26.6. The molecule has 1 aliphatic heterocycles. The summed E-state index contributed by atoms with van der Waals surface area (Å²) in [5.74, 6) is 0.693. The van der Waals surface area contributed by atoms with Gasteiger partial charge in [-0.3, -0.25) is 9.59 Å². The highest BCUT2D eigenvalue weighted by molar-refractivity contribution is 14.1. The standard InChI is InChI=1S/C21H37I2NO4/c1-7-27-18-9-17(13-28-16(4)23)24(12-18)20(26)8-14(2)10-21(5,6)11-19(25)15(3)22/h14-18H,7-13H2,1-6H3/t14?,15?,16?,17?,18-/m1/s1. The zero-order valence-corrected chi connectivity index (χ0v) is 22.5. The SMILES string of the molecule is CCO[C@@H]1CC(COC(C)I)N(C(=O)CC(C)CC(C)(C)CC(=O)C(C)I)C1. The average molecular weight is 621 g/mol. The molecule has 1 rings (SSSR count). The van der Waals surface area contributed by atoms with Gasteiger partial charge >= 0.3 is 0 Å². The van der Waals surface area contributed by atoms with Gasteiger partial charge in [0.2, 0.25) is 5.91 Å². The number of ether oxygens (including phenoxy) is 2. The number of rotatable bonds is 12. The Balaban J connectivity index is 2.65. The number of halogens is 2. The fourth-order valence-electron chi connectivity index (χ4n) is 4.05. The number of carbonyl (C=O) groups is 2. The Kier molecular flexibility index (Phi) is 11.8. The second kappa shape index (κ2) is 12.4. The fraction of sp³-hybridized carbons (Fsp3) is 0.905. The summed E-state index contributed by atoms with van der Waals surface area (Å²) in [6.45, 7) is 14.2. The third kappa shape index (κ3) is 9.55. The Morgan fingerprint density at radius 2 is 1.86 bits per heavy atom. The van der Waals surface area contributed by atoms with E-state index in [0.717, 1.165) is 12.8 Å². The number of hydrogen-bond acceptors (Lipinski definition) is 4. The lowest BCUT2D eigenvalue weighted by Crippen LogP contribution is -2.40. The lowest BCUT2D eigenvalue weighted by Gasteiger charge is -2.30. The van der Waals surface area contributed by atoms with Crippen molar-refractivity contribution in [2.75, 3.05) is 19.8 Å². The van der Waals surface area contributed by atoms with Crippen LogP contribution in [0.1, 0.15) is 67.2 Å². The lowest BCUT2D eigenvalue weighted by atomic mass is 9.78. The van der Waals surface area contributed by atoms with Gasteiger partial charge in [0.1, 0.15) is 9.89 Å². The van der Waals surface area contributed by atoms with Crippen molar-refractivity contribution in [1.29, 1.82) is 0 Å². The molecule has 0 N–H and O–H groups in total. The molecule has 5 nitrogen and oxygen atoms in total. The van der Waals surface area contributed by atoms with Gasteiger partial charge < -0.3 is 14.4 Å². The van der Waals surface area contributed by atoms with Gasteiger partial charge in [0.25, 0.3) is 0 Å². The van der Waals surface area contributed by atoms with Crippen LogP contribution in [-0.4, -0.2) is 56.5 Å². The number of ketones is 1. The zero-order chi connectivity index (χ0) is 21.5. The van der Waals surface area contributed by atoms with Gasteiger partial charge in [0.15, 0.2) is 0 Å². The number of hydrogen-bond donors (Lipinski definition) is 0. The predicted octanol–water partition coefficient (Wildman–Crippen LogP) is 5.02. The summed E-state index contributed by atoms with van der Waals surface area (Å²) in [7, 11) is 0. The van der Waals surface area contributed by atoms with E-state index >= 15 is 0 Å². The van der Waals surface area contributed by atoms with Crippen molar-refractivity contribution in [2.45, 2.75) is 87.4 Å². The molecule has 5 atom stereocenters. The monoisotopic (exact) mass is 621 g/mol. The summed E-state index contributed by atoms with van der Waals surface area (Å²) >= 11 is 4.41. The molecule has 0 spiro atoms. The molecule has 0 aromatic heterocycles. The minimum absolute atomic E-state index is 0.0370. The summed E-state index contributed by atoms with van der Waals surface area (Å²) < 4.78 is 11.7. The van der Waals surface area contributed by atoms with Crippen LogP contribution in [0.2, 0.25) is 0 Å². The lowest BCUT2D eigenvalue weighted by molar-refractivity contribution is -0.134. The number of Topliss-reactive ketones (excluding diaryl/α,β-unsaturated/α-hetero) is 1. The maximum atomic E-state index is 13.0. The Morgan fingerprint density at radius 1 is 1.21 bits per heavy atom. The van der Waals surface area contributed by atoms with Crippen molar-refractivity contribution in [3.05, 3.63) is 0 Å². The second-order valence-corrected chi connectivity index (χ2v) is 12.4. The van der Waals surface area contributed by atoms with E-state index in [1.165, 1.54) is 0 Å². The van der Waals surface area contributed by atoms with Gasteiger partial charge in [0, 0.05) is 26.0 Å². The molecule has 1 aliphatic rings. The fourth-order valence-corrected chi connectivity index (χ4v) is 4.48. The summed E-state index contributed by atoms with van der Waals surface area (Å²) in [5, 5.41) is 0. The van der Waals surface area contributed by atoms with Gasteiger partial charge in [-0.2, -0.15) is 0 Å². The molecule has 1 fully saturated rings. The molecule has 1 heterocycles. The van der Waals surface area contributed by atoms with Gasteiger partial charge in [-0.25, -0.2) is 0 Å². The normalized spacial score (nSPS) is 23.5. The van der Waals surface area contributed by atoms with E-state index in [4.69, 9.17) is 9.47 Å². The largest absolute Gasteiger partial charge is 0.377 e. The van der Waals surface area contributed by atoms with Crippen LogP contribution in [0.15, 0.2) is 0 Å². The third-order valence-corrected chi connectivity index (χ3v) is 6.19. The second-order valence-electron chi connectivity index (χ2n) is 8.83. The number of carbonyl (C=O) groups excluding carboxylic acids is 2. The van der Waals surface area contributed by atoms with Crippen molar-refractivity contribution in [3.63, 3.8) is 0 Å². The minimum Gasteiger partial charge on any atom is -0.377 e. The Bertz CT molecular complexity index is 511. The molecular formula is C21H37I2NO4. The predicted molar refractivity (Wildman–Crippen MR) is 130 cm³/mol. The Labute approximate surface area is 198 Å². The van der Waals surface area contributed by atoms with Crippen molar-refractivity contribution in [3.8, 4) is 0 Å². The van der Waals surface area contributed by atoms with Crippen LogP contribution >= 0.6 is 45.2 Å². The molecule has 0 radical (unpaired) electrons. The highest BCUT2D eigenvalue weighted by Crippen LogP contribution is 2.33. The first-order chi connectivity index (χ1) is 12.9. The topological polar surface area (TPSA) is 55.8 Å². The van der Waals surface area contributed by atoms with Crippen molar-refractivity contribution in [1.82, 2.24) is 4.90 Å². The first-order valence-corrected chi connectivity index (χ1v) is 12.8. The van der Waals surface area contributed by atoms with E-state index in [2.05, 4.69) is 66.0 Å². The van der Waals surface area contributed by atoms with Crippen LogP contribution in [0.3, 0.4) is 0 Å². The van der Waals surface area contributed by atoms with Crippen molar-refractivity contribution in [2.24, 2.45) is 11.3 Å². The maximum Gasteiger partial charge on any atom is 0.223 e. The molecule has 0 aromatic rings. The average Bonchev–Trinajstić information content (AvgIpc) is 2.95. The molecule has 7 heteroatoms. The molecule has 4 unspecified atom stereocenters. The van der Waals surface area contributed by atoms with Crippen LogP contribution in [0.5, 0.6) is 0 Å². The Morgan fingerprint density at radius 3 is 2.39 bits per heavy atom. The highest BCUT2D eigenvalue weighted by Gasteiger charge is 2.37. The van der Waals surface area contributed by atoms with Crippen molar-refractivity contribution < 1.29 is 19.1 Å². The van der Waals surface area contributed by atoms with Crippen molar-refractivity contribution >= 4 is 56.9 Å². The summed E-state index contributed by atoms with van der Waals surface area (Å²) in [6, 6.07) is 0.0860. The maximum absolute atomic E-state index is 13.0. The van der Waals surface area contributed by atoms with E-state index in [0.29, 0.717) is 32.6 Å². The van der Waals surface area contributed by atoms with Crippen LogP contribution < -0.4 is 0 Å². The minimum atomic E-state index is -0.0891. The molecule has 164 valence electrons. The summed E-state index contributed by atoms with van der Waals surface area (Å²) in [4.78, 5) is 27.1. The smallest absolute Gasteiger partial charge is 0.223 e. The summed E-state index contributed by atoms with van der Waals surface area (Å²) in [6.07, 6.45) is 2.87. The van der Waals surface area contributed by atoms with E-state index in [-0.39, 0.29) is 43.2 Å². The van der Waals surface area contributed by atoms with Gasteiger partial charge in [-0.05, 0) is 44.9 Å². The highest BCUT2D eigenvalue weighted by atomic mass is 127. The van der Waals surface area contributed by atoms with E-state index in [9.17, 15) is 9.59 Å². The van der Waals surface area contributed by atoms with Crippen LogP contribution in [-0.2, 0) is 19.1 Å². The van der Waals surface area contributed by atoms with Crippen LogP contribution in [0.4, 0.5) is 0 Å². The molecule has 1 amide bonds. The number of amides is 1. The summed E-state index contributed by atoms with van der Waals surface area (Å²) in [5.41, 5.74) is -0.0891. The third-order valence-electron chi connectivity index (χ3n) is 5.14. The number of nitrogens with zero attached hydrogens (tertiary/aromatic N) is 1. The van der Waals surface area contributed by atoms with E-state index in [1.807, 2.05) is 25.7 Å². The van der Waals surface area contributed by atoms with E-state index in [1.54, 1.807) is 0 Å². The quantitative estimate of drug-likeness (QED) is 0.227. The van der Waals surface area contributed by atoms with Gasteiger partial charge in [0.05, 0.1) is 22.7 Å². The van der Waals surface area contributed by atoms with Gasteiger partial charge in [-0.1, -0.05) is 66.0 Å². The van der Waals surface area contributed by atoms with E-state index < -0.39 is 0 Å². The molecule has 0 saturated carbocycles. The first-order valence-electron chi connectivity index (χ1n) is 10.3.